The van der Waals surface area contributed by atoms with Crippen molar-refractivity contribution in [3.05, 3.63) is 56.8 Å². The maximum Gasteiger partial charge on any atom is 0.289 e. The molecule has 7 nitrogen and oxygen atoms in total. The molecular formula is C13H14N2O5S2. The first kappa shape index (κ1) is 16.6. The molecule has 22 heavy (non-hydrogen) atoms. The van der Waals surface area contributed by atoms with E-state index in [2.05, 4.69) is 4.72 Å². The van der Waals surface area contributed by atoms with Crippen molar-refractivity contribution in [2.45, 2.75) is 17.4 Å². The Morgan fingerprint density at radius 2 is 2.00 bits per heavy atom. The summed E-state index contributed by atoms with van der Waals surface area (Å²) in [6.45, 7) is -0.0204. The molecular weight excluding hydrogens is 328 g/mol. The van der Waals surface area contributed by atoms with Gasteiger partial charge in [0.25, 0.3) is 5.69 Å². The topological polar surface area (TPSA) is 110 Å². The quantitative estimate of drug-likeness (QED) is 0.591. The number of sulfonamides is 1. The zero-order chi connectivity index (χ0) is 16.2. The van der Waals surface area contributed by atoms with Crippen LogP contribution < -0.4 is 4.72 Å². The number of benzene rings is 1. The van der Waals surface area contributed by atoms with Crippen LogP contribution in [0.5, 0.6) is 0 Å². The molecule has 0 aliphatic rings. The van der Waals surface area contributed by atoms with Gasteiger partial charge in [-0.15, -0.1) is 11.3 Å². The number of thiophene rings is 1. The van der Waals surface area contributed by atoms with Crippen LogP contribution in [0.2, 0.25) is 0 Å². The molecule has 1 aromatic carbocycles. The van der Waals surface area contributed by atoms with E-state index in [0.29, 0.717) is 0 Å². The van der Waals surface area contributed by atoms with Gasteiger partial charge in [0.1, 0.15) is 0 Å². The van der Waals surface area contributed by atoms with E-state index in [-0.39, 0.29) is 17.9 Å². The van der Waals surface area contributed by atoms with Gasteiger partial charge < -0.3 is 5.11 Å². The van der Waals surface area contributed by atoms with Crippen molar-refractivity contribution in [3.8, 4) is 0 Å². The van der Waals surface area contributed by atoms with Gasteiger partial charge in [0.05, 0.1) is 11.0 Å². The zero-order valence-electron chi connectivity index (χ0n) is 11.4. The van der Waals surface area contributed by atoms with Gasteiger partial charge in [0.2, 0.25) is 10.0 Å². The van der Waals surface area contributed by atoms with Gasteiger partial charge in [-0.05, 0) is 23.9 Å². The molecule has 0 saturated carbocycles. The highest BCUT2D eigenvalue weighted by Gasteiger charge is 2.24. The minimum Gasteiger partial charge on any atom is -0.388 e. The van der Waals surface area contributed by atoms with Crippen LogP contribution in [0, 0.1) is 10.1 Å². The summed E-state index contributed by atoms with van der Waals surface area (Å²) in [5.74, 6) is 0. The Hall–Kier alpha value is -1.81. The molecule has 1 unspecified atom stereocenters. The van der Waals surface area contributed by atoms with Crippen LogP contribution in [0.4, 0.5) is 5.69 Å². The molecule has 118 valence electrons. The molecule has 2 rings (SSSR count). The fourth-order valence-corrected chi connectivity index (χ4v) is 3.83. The maximum absolute atomic E-state index is 12.1. The van der Waals surface area contributed by atoms with E-state index < -0.39 is 26.7 Å². The van der Waals surface area contributed by atoms with Crippen LogP contribution in [0.3, 0.4) is 0 Å². The Morgan fingerprint density at radius 1 is 1.27 bits per heavy atom. The SMILES string of the molecule is O=[N+]([O-])c1ccccc1S(=O)(=O)NCCC(O)c1cccs1. The smallest absolute Gasteiger partial charge is 0.289 e. The number of nitro groups is 1. The van der Waals surface area contributed by atoms with Crippen molar-refractivity contribution in [3.63, 3.8) is 0 Å². The molecule has 0 fully saturated rings. The first-order chi connectivity index (χ1) is 10.4. The average Bonchev–Trinajstić information content (AvgIpc) is 3.01. The zero-order valence-corrected chi connectivity index (χ0v) is 13.0. The van der Waals surface area contributed by atoms with Crippen LogP contribution in [0.1, 0.15) is 17.4 Å². The average molecular weight is 342 g/mol. The normalized spacial score (nSPS) is 13.0. The van der Waals surface area contributed by atoms with Crippen molar-refractivity contribution in [1.82, 2.24) is 4.72 Å². The molecule has 0 radical (unpaired) electrons. The lowest BCUT2D eigenvalue weighted by atomic mass is 10.2. The second-order valence-electron chi connectivity index (χ2n) is 4.44. The highest BCUT2D eigenvalue weighted by atomic mass is 32.2. The van der Waals surface area contributed by atoms with Gasteiger partial charge >= 0.3 is 0 Å². The summed E-state index contributed by atoms with van der Waals surface area (Å²) in [5.41, 5.74) is -0.478. The van der Waals surface area contributed by atoms with Gasteiger partial charge in [-0.3, -0.25) is 10.1 Å². The van der Waals surface area contributed by atoms with E-state index in [1.54, 1.807) is 12.1 Å². The summed E-state index contributed by atoms with van der Waals surface area (Å²) in [6, 6.07) is 8.68. The second-order valence-corrected chi connectivity index (χ2v) is 7.16. The highest BCUT2D eigenvalue weighted by molar-refractivity contribution is 7.89. The molecule has 1 atom stereocenters. The fourth-order valence-electron chi connectivity index (χ4n) is 1.87. The largest absolute Gasteiger partial charge is 0.388 e. The maximum atomic E-state index is 12.1. The third-order valence-electron chi connectivity index (χ3n) is 2.93. The van der Waals surface area contributed by atoms with E-state index >= 15 is 0 Å². The van der Waals surface area contributed by atoms with E-state index in [1.165, 1.54) is 29.5 Å². The molecule has 9 heteroatoms. The Morgan fingerprint density at radius 3 is 2.64 bits per heavy atom. The Labute approximate surface area is 131 Å². The van der Waals surface area contributed by atoms with E-state index in [1.807, 2.05) is 5.38 Å². The van der Waals surface area contributed by atoms with Crippen molar-refractivity contribution in [1.29, 1.82) is 0 Å². The lowest BCUT2D eigenvalue weighted by molar-refractivity contribution is -0.387. The lowest BCUT2D eigenvalue weighted by Gasteiger charge is -2.10. The number of aliphatic hydroxyl groups is 1. The molecule has 1 aromatic heterocycles. The third-order valence-corrected chi connectivity index (χ3v) is 5.41. The number of hydrogen-bond acceptors (Lipinski definition) is 6. The predicted octanol–water partition coefficient (Wildman–Crippen LogP) is 2.06. The van der Waals surface area contributed by atoms with Crippen molar-refractivity contribution < 1.29 is 18.4 Å². The number of rotatable bonds is 7. The lowest BCUT2D eigenvalue weighted by Crippen LogP contribution is -2.26. The number of nitrogens with zero attached hydrogens (tertiary/aromatic N) is 1. The van der Waals surface area contributed by atoms with Gasteiger partial charge in [0.15, 0.2) is 4.90 Å². The standard InChI is InChI=1S/C13H14N2O5S2/c16-11(12-5-3-9-21-12)7-8-14-22(19,20)13-6-2-1-4-10(13)15(17)18/h1-6,9,11,14,16H,7-8H2. The number of nitro benzene ring substituents is 1. The fraction of sp³-hybridized carbons (Fsp3) is 0.231. The van der Waals surface area contributed by atoms with Gasteiger partial charge in [-0.2, -0.15) is 0 Å². The molecule has 0 saturated heterocycles. The number of para-hydroxylation sites is 1. The minimum absolute atomic E-state index is 0.0204. The van der Waals surface area contributed by atoms with Crippen LogP contribution in [0.25, 0.3) is 0 Å². The number of nitrogens with one attached hydrogen (secondary N) is 1. The Bertz CT molecular complexity index is 744. The predicted molar refractivity (Wildman–Crippen MR) is 82.2 cm³/mol. The second kappa shape index (κ2) is 6.97. The number of hydrogen-bond donors (Lipinski definition) is 2. The van der Waals surface area contributed by atoms with Crippen LogP contribution >= 0.6 is 11.3 Å². The molecule has 1 heterocycles. The van der Waals surface area contributed by atoms with Crippen LogP contribution in [-0.2, 0) is 10.0 Å². The monoisotopic (exact) mass is 342 g/mol. The summed E-state index contributed by atoms with van der Waals surface area (Å²) >= 11 is 1.38. The van der Waals surface area contributed by atoms with E-state index in [0.717, 1.165) is 10.9 Å². The molecule has 0 spiro atoms. The molecule has 0 aliphatic heterocycles. The Kier molecular flexibility index (Phi) is 5.24. The van der Waals surface area contributed by atoms with Crippen molar-refractivity contribution in [2.24, 2.45) is 0 Å². The van der Waals surface area contributed by atoms with Crippen LogP contribution in [-0.4, -0.2) is 25.0 Å². The van der Waals surface area contributed by atoms with Crippen molar-refractivity contribution >= 4 is 27.0 Å². The van der Waals surface area contributed by atoms with Gasteiger partial charge in [-0.1, -0.05) is 18.2 Å². The van der Waals surface area contributed by atoms with Crippen molar-refractivity contribution in [2.75, 3.05) is 6.54 Å². The first-order valence-electron chi connectivity index (χ1n) is 6.36. The molecule has 0 bridgehead atoms. The minimum atomic E-state index is -4.00. The summed E-state index contributed by atoms with van der Waals surface area (Å²) in [5, 5.41) is 22.6. The summed E-state index contributed by atoms with van der Waals surface area (Å²) in [4.78, 5) is 10.5. The van der Waals surface area contributed by atoms with Gasteiger partial charge in [0, 0.05) is 17.5 Å². The van der Waals surface area contributed by atoms with E-state index in [4.69, 9.17) is 0 Å². The molecule has 2 aromatic rings. The summed E-state index contributed by atoms with van der Waals surface area (Å²) in [7, 11) is -4.00. The molecule has 0 aliphatic carbocycles. The van der Waals surface area contributed by atoms with Gasteiger partial charge in [-0.25, -0.2) is 13.1 Å². The summed E-state index contributed by atoms with van der Waals surface area (Å²) < 4.78 is 26.5. The van der Waals surface area contributed by atoms with E-state index in [9.17, 15) is 23.6 Å². The number of aliphatic hydroxyl groups excluding tert-OH is 1. The third kappa shape index (κ3) is 3.89. The first-order valence-corrected chi connectivity index (χ1v) is 8.72. The molecule has 0 amide bonds. The Balaban J connectivity index is 2.04. The highest BCUT2D eigenvalue weighted by Crippen LogP contribution is 2.24. The van der Waals surface area contributed by atoms with Crippen LogP contribution in [0.15, 0.2) is 46.7 Å². The summed E-state index contributed by atoms with van der Waals surface area (Å²) in [6.07, 6.45) is -0.589. The molecule has 2 N–H and O–H groups in total.